The lowest BCUT2D eigenvalue weighted by atomic mass is 9.76. The van der Waals surface area contributed by atoms with Gasteiger partial charge in [-0.2, -0.15) is 0 Å². The molecule has 0 saturated carbocycles. The van der Waals surface area contributed by atoms with Gasteiger partial charge in [-0.1, -0.05) is 66.7 Å². The van der Waals surface area contributed by atoms with Crippen molar-refractivity contribution in [2.24, 2.45) is 5.92 Å². The molecule has 0 saturated heterocycles. The summed E-state index contributed by atoms with van der Waals surface area (Å²) in [5.41, 5.74) is 3.90. The Labute approximate surface area is 485 Å². The van der Waals surface area contributed by atoms with Crippen LogP contribution in [0.25, 0.3) is 18.2 Å². The molecule has 4 unspecified atom stereocenters. The summed E-state index contributed by atoms with van der Waals surface area (Å²) in [5, 5.41) is 36.5. The highest BCUT2D eigenvalue weighted by Crippen LogP contribution is 2.61. The number of hydrogen-bond acceptors (Lipinski definition) is 15. The number of anilines is 3. The number of nitro benzene ring substituents is 3. The Morgan fingerprint density at radius 3 is 1.21 bits per heavy atom. The van der Waals surface area contributed by atoms with Crippen LogP contribution in [0.15, 0.2) is 151 Å². The molecular formula is C66H62N6O12. The van der Waals surface area contributed by atoms with Crippen LogP contribution in [0.5, 0.6) is 34.5 Å². The van der Waals surface area contributed by atoms with Crippen molar-refractivity contribution in [3.8, 4) is 34.5 Å². The van der Waals surface area contributed by atoms with E-state index in [4.69, 9.17) is 28.4 Å². The zero-order chi connectivity index (χ0) is 59.0. The van der Waals surface area contributed by atoms with E-state index in [-0.39, 0.29) is 40.2 Å². The van der Waals surface area contributed by atoms with Crippen LogP contribution in [0.3, 0.4) is 0 Å². The van der Waals surface area contributed by atoms with Crippen LogP contribution in [0.1, 0.15) is 81.3 Å². The summed E-state index contributed by atoms with van der Waals surface area (Å²) in [6, 6.07) is 33.6. The Hall–Kier alpha value is -9.58. The first kappa shape index (κ1) is 53.7. The van der Waals surface area contributed by atoms with Gasteiger partial charge in [-0.3, -0.25) is 30.3 Å². The number of para-hydroxylation sites is 3. The highest BCUT2D eigenvalue weighted by Gasteiger charge is 2.63. The Morgan fingerprint density at radius 1 is 0.500 bits per heavy atom. The van der Waals surface area contributed by atoms with Crippen LogP contribution in [-0.4, -0.2) is 72.9 Å². The highest BCUT2D eigenvalue weighted by atomic mass is 16.6. The number of nitrogens with zero attached hydrogens (tertiary/aromatic N) is 6. The van der Waals surface area contributed by atoms with Crippen molar-refractivity contribution in [1.29, 1.82) is 0 Å². The van der Waals surface area contributed by atoms with Crippen molar-refractivity contribution in [2.75, 3.05) is 55.7 Å². The highest BCUT2D eigenvalue weighted by molar-refractivity contribution is 5.79. The van der Waals surface area contributed by atoms with E-state index in [9.17, 15) is 30.3 Å². The molecular weight excluding hydrogens is 1070 g/mol. The van der Waals surface area contributed by atoms with Crippen molar-refractivity contribution in [3.05, 3.63) is 214 Å². The van der Waals surface area contributed by atoms with Gasteiger partial charge in [0.05, 0.1) is 70.5 Å². The average Bonchev–Trinajstić information content (AvgIpc) is 1.73. The number of rotatable bonds is 12. The number of methoxy groups -OCH3 is 3. The Bertz CT molecular complexity index is 4010. The van der Waals surface area contributed by atoms with E-state index in [0.29, 0.717) is 60.0 Å². The smallest absolute Gasteiger partial charge is 0.274 e. The van der Waals surface area contributed by atoms with Gasteiger partial charge in [0.15, 0.2) is 34.5 Å². The maximum absolute atomic E-state index is 12.2. The summed E-state index contributed by atoms with van der Waals surface area (Å²) < 4.78 is 39.6. The molecule has 6 aliphatic heterocycles. The molecule has 6 aromatic rings. The molecule has 0 fully saturated rings. The Morgan fingerprint density at radius 2 is 0.845 bits per heavy atom. The second kappa shape index (κ2) is 18.7. The van der Waals surface area contributed by atoms with Crippen LogP contribution in [0.2, 0.25) is 0 Å². The molecule has 84 heavy (non-hydrogen) atoms. The number of hydrogen-bond donors (Lipinski definition) is 0. The minimum atomic E-state index is -1.16. The lowest BCUT2D eigenvalue weighted by Crippen LogP contribution is -2.61. The second-order valence-electron chi connectivity index (χ2n) is 24.1. The Kier molecular flexibility index (Phi) is 12.0. The summed E-state index contributed by atoms with van der Waals surface area (Å²) in [4.78, 5) is 42.1. The molecule has 18 nitrogen and oxygen atoms in total. The molecule has 3 spiro atoms. The molecule has 6 heterocycles. The van der Waals surface area contributed by atoms with E-state index in [2.05, 4.69) is 105 Å². The maximum Gasteiger partial charge on any atom is 0.274 e. The quantitative estimate of drug-likeness (QED) is 0.0829. The molecule has 428 valence electrons. The lowest BCUT2D eigenvalue weighted by molar-refractivity contribution is -0.385. The molecule has 0 bridgehead atoms. The first-order valence-electron chi connectivity index (χ1n) is 27.9. The van der Waals surface area contributed by atoms with E-state index < -0.39 is 48.2 Å². The van der Waals surface area contributed by atoms with Gasteiger partial charge in [0, 0.05) is 71.6 Å². The lowest BCUT2D eigenvalue weighted by Gasteiger charge is -2.49. The van der Waals surface area contributed by atoms with E-state index in [1.807, 2.05) is 72.9 Å². The molecule has 0 radical (unpaired) electrons. The summed E-state index contributed by atoms with van der Waals surface area (Å²) in [5.74, 6) is 1.75. The summed E-state index contributed by atoms with van der Waals surface area (Å²) >= 11 is 0. The van der Waals surface area contributed by atoms with E-state index >= 15 is 0 Å². The zero-order valence-electron chi connectivity index (χ0n) is 48.0. The van der Waals surface area contributed by atoms with Crippen molar-refractivity contribution in [3.63, 3.8) is 0 Å². The van der Waals surface area contributed by atoms with E-state index in [0.717, 1.165) is 44.9 Å². The fourth-order valence-electron chi connectivity index (χ4n) is 14.4. The van der Waals surface area contributed by atoms with Gasteiger partial charge >= 0.3 is 0 Å². The average molecular weight is 1130 g/mol. The fraction of sp³-hybridized carbons (Fsp3) is 0.303. The topological polar surface area (TPSA) is 195 Å². The number of benzene rings is 6. The van der Waals surface area contributed by atoms with Gasteiger partial charge < -0.3 is 43.1 Å². The van der Waals surface area contributed by atoms with Crippen molar-refractivity contribution >= 4 is 52.4 Å². The third kappa shape index (κ3) is 7.53. The van der Waals surface area contributed by atoms with Gasteiger partial charge in [0.2, 0.25) is 17.2 Å². The molecule has 0 aromatic heterocycles. The minimum Gasteiger partial charge on any atom is -0.493 e. The number of fused-ring (bicyclic) bond motifs is 6. The van der Waals surface area contributed by atoms with E-state index in [1.165, 1.54) is 57.7 Å². The first-order chi connectivity index (χ1) is 40.1. The zero-order valence-corrected chi connectivity index (χ0v) is 48.0. The molecule has 7 aliphatic rings. The van der Waals surface area contributed by atoms with Gasteiger partial charge in [-0.25, -0.2) is 0 Å². The van der Waals surface area contributed by atoms with Gasteiger partial charge in [0.25, 0.3) is 17.1 Å². The molecule has 1 aliphatic carbocycles. The van der Waals surface area contributed by atoms with Crippen LogP contribution < -0.4 is 43.1 Å². The predicted octanol–water partition coefficient (Wildman–Crippen LogP) is 13.4. The number of non-ortho nitro benzene ring substituents is 3. The molecule has 13 rings (SSSR count). The normalized spacial score (nSPS) is 23.5. The largest absolute Gasteiger partial charge is 0.493 e. The summed E-state index contributed by atoms with van der Waals surface area (Å²) in [6.07, 6.45) is 17.0. The van der Waals surface area contributed by atoms with E-state index in [1.54, 1.807) is 0 Å². The van der Waals surface area contributed by atoms with Gasteiger partial charge in [-0.05, 0) is 136 Å². The summed E-state index contributed by atoms with van der Waals surface area (Å²) in [7, 11) is 4.46. The maximum atomic E-state index is 12.2. The number of nitro groups is 3. The second-order valence-corrected chi connectivity index (χ2v) is 24.1. The van der Waals surface area contributed by atoms with Crippen molar-refractivity contribution in [1.82, 2.24) is 0 Å². The third-order valence-electron chi connectivity index (χ3n) is 18.7. The van der Waals surface area contributed by atoms with Crippen LogP contribution >= 0.6 is 0 Å². The van der Waals surface area contributed by atoms with Gasteiger partial charge in [0.1, 0.15) is 0 Å². The number of ether oxygens (including phenoxy) is 6. The third-order valence-corrected chi connectivity index (χ3v) is 18.7. The molecule has 4 atom stereocenters. The monoisotopic (exact) mass is 1130 g/mol. The van der Waals surface area contributed by atoms with Crippen LogP contribution in [0, 0.1) is 36.3 Å². The van der Waals surface area contributed by atoms with Crippen molar-refractivity contribution < 1.29 is 43.2 Å². The minimum absolute atomic E-state index is 0.112. The SMILES string of the molecule is COc1cc([N+](=O)[O-])cc2c1OC1(C=C2)N(CC2=CC(CN3c4ccccc4C(C)(C)C34C=Cc3cc([N+](=O)[O-])cc(OC)c3O4)CC(CN3c4ccccc4C(C)(C)C34C=Cc3cc([N+](=O)[O-])cc(OC)c3O4)=C2)c2ccccc2C1(C)C. The predicted molar refractivity (Wildman–Crippen MR) is 321 cm³/mol. The summed E-state index contributed by atoms with van der Waals surface area (Å²) in [6.45, 7) is 14.2. The standard InChI is InChI=1S/C66H62N6O12/c1-61(2)49-16-10-13-19-52(49)67(64(61)25-22-43-31-46(70(73)74)34-55(79-7)58(43)82-64)37-40-28-41(38-68-53-20-14-11-17-50(53)62(3,4)65(68)26-23-44-32-47(71(75)76)35-56(80-8)59(44)83-65)30-42(29-40)39-69-54-21-15-12-18-51(54)63(5,6)66(69)27-24-45-33-48(72(77)78)36-57(81-9)60(45)84-66/h10-29,31-36,41H,30,37-39H2,1-9H3. The van der Waals surface area contributed by atoms with Crippen LogP contribution in [0.4, 0.5) is 34.1 Å². The van der Waals surface area contributed by atoms with Gasteiger partial charge in [-0.15, -0.1) is 0 Å². The Balaban J connectivity index is 0.960. The molecule has 0 amide bonds. The van der Waals surface area contributed by atoms with Crippen molar-refractivity contribution in [2.45, 2.75) is 81.4 Å². The van der Waals surface area contributed by atoms with Crippen LogP contribution in [-0.2, 0) is 16.2 Å². The first-order valence-corrected chi connectivity index (χ1v) is 27.9. The molecule has 18 heteroatoms. The molecule has 0 N–H and O–H groups in total. The molecule has 6 aromatic carbocycles. The fourth-order valence-corrected chi connectivity index (χ4v) is 14.4.